The third-order valence-corrected chi connectivity index (χ3v) is 5.99. The molecule has 3 rings (SSSR count). The molecule has 1 saturated carbocycles. The maximum atomic E-state index is 12.4. The second-order valence-electron chi connectivity index (χ2n) is 7.72. The molecule has 0 radical (unpaired) electrons. The fraction of sp³-hybridized carbons (Fsp3) is 0.619. The lowest BCUT2D eigenvalue weighted by Gasteiger charge is -2.42. The number of benzene rings is 1. The first-order valence-corrected chi connectivity index (χ1v) is 9.99. The first-order chi connectivity index (χ1) is 13.1. The molecule has 2 N–H and O–H groups in total. The van der Waals surface area contributed by atoms with Crippen LogP contribution in [-0.2, 0) is 14.9 Å². The van der Waals surface area contributed by atoms with Crippen molar-refractivity contribution in [3.63, 3.8) is 0 Å². The van der Waals surface area contributed by atoms with Crippen LogP contribution >= 0.6 is 0 Å². The number of methoxy groups -OCH3 is 1. The summed E-state index contributed by atoms with van der Waals surface area (Å²) in [5.74, 6) is 0.134. The van der Waals surface area contributed by atoms with E-state index in [1.165, 1.54) is 12.0 Å². The quantitative estimate of drug-likeness (QED) is 0.771. The van der Waals surface area contributed by atoms with Crippen LogP contribution in [0.1, 0.15) is 44.1 Å². The Morgan fingerprint density at radius 3 is 2.48 bits per heavy atom. The number of hydrogen-bond acceptors (Lipinski definition) is 3. The monoisotopic (exact) mass is 373 g/mol. The number of hydrogen-bond donors (Lipinski definition) is 2. The van der Waals surface area contributed by atoms with E-state index >= 15 is 0 Å². The molecule has 6 heteroatoms. The topological polar surface area (TPSA) is 70.7 Å². The van der Waals surface area contributed by atoms with Gasteiger partial charge in [-0.3, -0.25) is 4.79 Å². The lowest BCUT2D eigenvalue weighted by atomic mass is 9.64. The molecule has 0 bridgehead atoms. The fourth-order valence-corrected chi connectivity index (χ4v) is 4.07. The van der Waals surface area contributed by atoms with Gasteiger partial charge in [-0.2, -0.15) is 0 Å². The minimum atomic E-state index is -0.0960. The molecule has 3 amide bonds. The lowest BCUT2D eigenvalue weighted by molar-refractivity contribution is -0.133. The molecule has 6 nitrogen and oxygen atoms in total. The Bertz CT molecular complexity index is 623. The average Bonchev–Trinajstić information content (AvgIpc) is 2.66. The third-order valence-electron chi connectivity index (χ3n) is 5.99. The smallest absolute Gasteiger partial charge is 0.315 e. The highest BCUT2D eigenvalue weighted by atomic mass is 16.5. The molecule has 148 valence electrons. The zero-order chi connectivity index (χ0) is 19.1. The van der Waals surface area contributed by atoms with Crippen molar-refractivity contribution in [2.75, 3.05) is 33.4 Å². The Hall–Kier alpha value is -2.08. The molecule has 2 aliphatic rings. The van der Waals surface area contributed by atoms with Crippen molar-refractivity contribution in [2.24, 2.45) is 0 Å². The molecular formula is C21H31N3O3. The molecule has 1 aliphatic heterocycles. The van der Waals surface area contributed by atoms with Gasteiger partial charge in [0, 0.05) is 38.2 Å². The van der Waals surface area contributed by atoms with Crippen LogP contribution in [0.15, 0.2) is 30.3 Å². The van der Waals surface area contributed by atoms with Crippen LogP contribution in [0.3, 0.4) is 0 Å². The molecule has 1 aromatic carbocycles. The van der Waals surface area contributed by atoms with E-state index in [0.29, 0.717) is 32.7 Å². The van der Waals surface area contributed by atoms with Crippen molar-refractivity contribution >= 4 is 11.9 Å². The Labute approximate surface area is 161 Å². The Morgan fingerprint density at radius 1 is 1.19 bits per heavy atom. The number of carbonyl (C=O) groups is 2. The SMILES string of the molecule is COCCC(=O)N1CCC(NC(=O)NCC2(c3ccccc3)CCC2)CC1. The van der Waals surface area contributed by atoms with Crippen molar-refractivity contribution in [3.8, 4) is 0 Å². The van der Waals surface area contributed by atoms with Crippen molar-refractivity contribution in [3.05, 3.63) is 35.9 Å². The molecular weight excluding hydrogens is 342 g/mol. The van der Waals surface area contributed by atoms with Crippen LogP contribution in [0.2, 0.25) is 0 Å². The van der Waals surface area contributed by atoms with Crippen molar-refractivity contribution in [1.82, 2.24) is 15.5 Å². The summed E-state index contributed by atoms with van der Waals surface area (Å²) < 4.78 is 4.96. The molecule has 27 heavy (non-hydrogen) atoms. The molecule has 1 saturated heterocycles. The van der Waals surface area contributed by atoms with Crippen LogP contribution in [0, 0.1) is 0 Å². The van der Waals surface area contributed by atoms with Crippen molar-refractivity contribution in [2.45, 2.75) is 50.0 Å². The van der Waals surface area contributed by atoms with Gasteiger partial charge in [-0.1, -0.05) is 36.8 Å². The van der Waals surface area contributed by atoms with Crippen molar-refractivity contribution in [1.29, 1.82) is 0 Å². The fourth-order valence-electron chi connectivity index (χ4n) is 4.07. The van der Waals surface area contributed by atoms with E-state index < -0.39 is 0 Å². The molecule has 1 heterocycles. The summed E-state index contributed by atoms with van der Waals surface area (Å²) in [6.45, 7) is 2.53. The second kappa shape index (κ2) is 9.22. The minimum absolute atomic E-state index is 0.0930. The summed E-state index contributed by atoms with van der Waals surface area (Å²) in [7, 11) is 1.60. The number of urea groups is 1. The van der Waals surface area contributed by atoms with Gasteiger partial charge in [-0.05, 0) is 31.2 Å². The maximum Gasteiger partial charge on any atom is 0.315 e. The summed E-state index contributed by atoms with van der Waals surface area (Å²) in [6, 6.07) is 10.5. The van der Waals surface area contributed by atoms with Crippen LogP contribution in [0.4, 0.5) is 4.79 Å². The summed E-state index contributed by atoms with van der Waals surface area (Å²) in [5, 5.41) is 6.17. The van der Waals surface area contributed by atoms with E-state index in [4.69, 9.17) is 4.74 Å². The van der Waals surface area contributed by atoms with Gasteiger partial charge in [-0.15, -0.1) is 0 Å². The molecule has 0 aromatic heterocycles. The highest BCUT2D eigenvalue weighted by molar-refractivity contribution is 5.76. The van der Waals surface area contributed by atoms with E-state index in [2.05, 4.69) is 34.9 Å². The van der Waals surface area contributed by atoms with Crippen LogP contribution < -0.4 is 10.6 Å². The number of carbonyl (C=O) groups excluding carboxylic acids is 2. The van der Waals surface area contributed by atoms with Gasteiger partial charge in [0.2, 0.25) is 5.91 Å². The number of nitrogens with zero attached hydrogens (tertiary/aromatic N) is 1. The van der Waals surface area contributed by atoms with E-state index in [1.54, 1.807) is 7.11 Å². The lowest BCUT2D eigenvalue weighted by Crippen LogP contribution is -2.52. The second-order valence-corrected chi connectivity index (χ2v) is 7.72. The van der Waals surface area contributed by atoms with Crippen LogP contribution in [0.25, 0.3) is 0 Å². The standard InChI is InChI=1S/C21H31N3O3/c1-27-15-10-19(25)24-13-8-18(9-14-24)23-20(26)22-16-21(11-5-12-21)17-6-3-2-4-7-17/h2-4,6-7,18H,5,8-16H2,1H3,(H2,22,23,26). The van der Waals surface area contributed by atoms with E-state index in [0.717, 1.165) is 25.7 Å². The normalized spacial score (nSPS) is 19.2. The van der Waals surface area contributed by atoms with E-state index in [9.17, 15) is 9.59 Å². The number of piperidine rings is 1. The predicted octanol–water partition coefficient (Wildman–Crippen LogP) is 2.44. The van der Waals surface area contributed by atoms with E-state index in [1.807, 2.05) is 11.0 Å². The van der Waals surface area contributed by atoms with Gasteiger partial charge in [0.1, 0.15) is 0 Å². The average molecular weight is 373 g/mol. The number of rotatable bonds is 7. The van der Waals surface area contributed by atoms with Crippen LogP contribution in [0.5, 0.6) is 0 Å². The van der Waals surface area contributed by atoms with Gasteiger partial charge < -0.3 is 20.3 Å². The van der Waals surface area contributed by atoms with Gasteiger partial charge >= 0.3 is 6.03 Å². The molecule has 0 unspecified atom stereocenters. The number of ether oxygens (including phenoxy) is 1. The van der Waals surface area contributed by atoms with E-state index in [-0.39, 0.29) is 23.4 Å². The number of likely N-dealkylation sites (tertiary alicyclic amines) is 1. The van der Waals surface area contributed by atoms with Crippen molar-refractivity contribution < 1.29 is 14.3 Å². The summed E-state index contributed by atoms with van der Waals surface area (Å²) >= 11 is 0. The largest absolute Gasteiger partial charge is 0.384 e. The zero-order valence-corrected chi connectivity index (χ0v) is 16.2. The maximum absolute atomic E-state index is 12.4. The Kier molecular flexibility index (Phi) is 6.72. The number of nitrogens with one attached hydrogen (secondary N) is 2. The first-order valence-electron chi connectivity index (χ1n) is 9.99. The van der Waals surface area contributed by atoms with Gasteiger partial charge in [0.05, 0.1) is 13.0 Å². The Morgan fingerprint density at radius 2 is 1.89 bits per heavy atom. The molecule has 1 aromatic rings. The van der Waals surface area contributed by atoms with Gasteiger partial charge in [-0.25, -0.2) is 4.79 Å². The van der Waals surface area contributed by atoms with Gasteiger partial charge in [0.15, 0.2) is 0 Å². The molecule has 0 spiro atoms. The third kappa shape index (κ3) is 5.01. The number of amides is 3. The van der Waals surface area contributed by atoms with Gasteiger partial charge in [0.25, 0.3) is 0 Å². The predicted molar refractivity (Wildman–Crippen MR) is 105 cm³/mol. The minimum Gasteiger partial charge on any atom is -0.384 e. The first kappa shape index (κ1) is 19.7. The summed E-state index contributed by atoms with van der Waals surface area (Å²) in [5.41, 5.74) is 1.41. The van der Waals surface area contributed by atoms with Crippen LogP contribution in [-0.4, -0.2) is 56.2 Å². The highest BCUT2D eigenvalue weighted by Gasteiger charge is 2.38. The molecule has 0 atom stereocenters. The molecule has 1 aliphatic carbocycles. The Balaban J connectivity index is 1.41. The summed E-state index contributed by atoms with van der Waals surface area (Å²) in [6.07, 6.45) is 5.49. The molecule has 2 fully saturated rings. The summed E-state index contributed by atoms with van der Waals surface area (Å²) in [4.78, 5) is 26.3. The zero-order valence-electron chi connectivity index (χ0n) is 16.2. The highest BCUT2D eigenvalue weighted by Crippen LogP contribution is 2.43.